The van der Waals surface area contributed by atoms with Crippen molar-refractivity contribution < 1.29 is 23.5 Å². The predicted molar refractivity (Wildman–Crippen MR) is 45.3 cm³/mol. The van der Waals surface area contributed by atoms with E-state index in [1.807, 2.05) is 0 Å². The van der Waals surface area contributed by atoms with Crippen LogP contribution in [0.5, 0.6) is 0 Å². The third-order valence-corrected chi connectivity index (χ3v) is 1.73. The van der Waals surface area contributed by atoms with E-state index in [-0.39, 0.29) is 13.0 Å². The Hall–Kier alpha value is -1.13. The third-order valence-electron chi connectivity index (χ3n) is 1.73. The number of hydrogen-bond acceptors (Lipinski definition) is 4. The second-order valence-corrected chi connectivity index (χ2v) is 4.19. The molecule has 0 aliphatic carbocycles. The number of esters is 2. The van der Waals surface area contributed by atoms with Gasteiger partial charge in [0, 0.05) is 6.42 Å². The lowest BCUT2D eigenvalue weighted by molar-refractivity contribution is -0.174. The number of carbonyl (C=O) groups excluding carboxylic acids is 2. The van der Waals surface area contributed by atoms with Gasteiger partial charge in [0.1, 0.15) is 5.60 Å². The molecule has 0 saturated carbocycles. The maximum Gasteiger partial charge on any atom is 0.356 e. The summed E-state index contributed by atoms with van der Waals surface area (Å²) < 4.78 is 22.9. The van der Waals surface area contributed by atoms with Gasteiger partial charge >= 0.3 is 17.6 Å². The van der Waals surface area contributed by atoms with Crippen LogP contribution in [-0.2, 0) is 19.1 Å². The lowest BCUT2D eigenvalue weighted by atomic mass is 10.0. The Kier molecular flexibility index (Phi) is 2.52. The molecule has 0 spiro atoms. The summed E-state index contributed by atoms with van der Waals surface area (Å²) in [6.07, 6.45) is -0.263. The highest BCUT2D eigenvalue weighted by Crippen LogP contribution is 2.28. The van der Waals surface area contributed by atoms with Crippen LogP contribution in [0.2, 0.25) is 0 Å². The Morgan fingerprint density at radius 1 is 1.57 bits per heavy atom. The van der Waals surface area contributed by atoms with Gasteiger partial charge in [0.05, 0.1) is 6.61 Å². The summed E-state index contributed by atoms with van der Waals surface area (Å²) in [5, 5.41) is 0. The fourth-order valence-electron chi connectivity index (χ4n) is 1.05. The Bertz CT molecular complexity index is 268. The van der Waals surface area contributed by atoms with E-state index >= 15 is 0 Å². The Morgan fingerprint density at radius 3 is 2.50 bits per heavy atom. The zero-order valence-electron chi connectivity index (χ0n) is 8.43. The van der Waals surface area contributed by atoms with Crippen LogP contribution in [-0.4, -0.2) is 29.8 Å². The van der Waals surface area contributed by atoms with Crippen LogP contribution >= 0.6 is 0 Å². The van der Waals surface area contributed by atoms with Crippen LogP contribution < -0.4 is 0 Å². The number of halogens is 1. The molecular formula is C9H13FO4. The molecule has 1 unspecified atom stereocenters. The normalized spacial score (nSPS) is 27.3. The summed E-state index contributed by atoms with van der Waals surface area (Å²) in [5.41, 5.74) is -3.41. The highest BCUT2D eigenvalue weighted by molar-refractivity contribution is 6.04. The standard InChI is InChI=1S/C9H13FO4/c1-8(2,3)14-7(12)9(10)4-5-13-6(9)11/h4-5H2,1-3H3. The molecule has 1 rings (SSSR count). The van der Waals surface area contributed by atoms with Crippen molar-refractivity contribution in [2.75, 3.05) is 6.61 Å². The van der Waals surface area contributed by atoms with Gasteiger partial charge in [-0.2, -0.15) is 0 Å². The van der Waals surface area contributed by atoms with Crippen molar-refractivity contribution in [3.8, 4) is 0 Å². The number of cyclic esters (lactones) is 1. The second-order valence-electron chi connectivity index (χ2n) is 4.19. The topological polar surface area (TPSA) is 52.6 Å². The molecule has 1 aliphatic heterocycles. The molecule has 0 bridgehead atoms. The fraction of sp³-hybridized carbons (Fsp3) is 0.778. The summed E-state index contributed by atoms with van der Waals surface area (Å²) in [4.78, 5) is 22.2. The molecule has 1 fully saturated rings. The average Bonchev–Trinajstić information content (AvgIpc) is 2.30. The first-order valence-electron chi connectivity index (χ1n) is 4.35. The number of rotatable bonds is 1. The summed E-state index contributed by atoms with van der Waals surface area (Å²) in [6, 6.07) is 0. The molecule has 1 saturated heterocycles. The Labute approximate surface area is 81.4 Å². The van der Waals surface area contributed by atoms with Crippen LogP contribution in [0, 0.1) is 0 Å². The van der Waals surface area contributed by atoms with Crippen molar-refractivity contribution in [3.05, 3.63) is 0 Å². The zero-order valence-corrected chi connectivity index (χ0v) is 8.43. The Balaban J connectivity index is 2.74. The number of hydrogen-bond donors (Lipinski definition) is 0. The van der Waals surface area contributed by atoms with Gasteiger partial charge in [-0.05, 0) is 20.8 Å². The number of alkyl halides is 1. The molecule has 0 amide bonds. The molecule has 0 radical (unpaired) electrons. The van der Waals surface area contributed by atoms with E-state index in [4.69, 9.17) is 4.74 Å². The molecule has 14 heavy (non-hydrogen) atoms. The summed E-state index contributed by atoms with van der Waals surface area (Å²) in [7, 11) is 0. The van der Waals surface area contributed by atoms with Gasteiger partial charge in [0.15, 0.2) is 0 Å². The SMILES string of the molecule is CC(C)(C)OC(=O)C1(F)CCOC1=O. The molecule has 0 N–H and O–H groups in total. The Morgan fingerprint density at radius 2 is 2.14 bits per heavy atom. The molecule has 80 valence electrons. The minimum Gasteiger partial charge on any atom is -0.463 e. The predicted octanol–water partition coefficient (Wildman–Crippen LogP) is 0.983. The van der Waals surface area contributed by atoms with E-state index in [2.05, 4.69) is 4.74 Å². The van der Waals surface area contributed by atoms with Gasteiger partial charge in [0.2, 0.25) is 0 Å². The first kappa shape index (κ1) is 10.9. The first-order chi connectivity index (χ1) is 6.26. The molecule has 1 heterocycles. The van der Waals surface area contributed by atoms with Crippen LogP contribution in [0.1, 0.15) is 27.2 Å². The smallest absolute Gasteiger partial charge is 0.356 e. The van der Waals surface area contributed by atoms with Crippen LogP contribution in [0.25, 0.3) is 0 Å². The minimum atomic E-state index is -2.60. The lowest BCUT2D eigenvalue weighted by Gasteiger charge is -2.23. The molecule has 1 atom stereocenters. The van der Waals surface area contributed by atoms with Gasteiger partial charge in [-0.1, -0.05) is 0 Å². The van der Waals surface area contributed by atoms with E-state index in [0.29, 0.717) is 0 Å². The van der Waals surface area contributed by atoms with Crippen LogP contribution in [0.3, 0.4) is 0 Å². The molecule has 0 aromatic carbocycles. The van der Waals surface area contributed by atoms with E-state index in [9.17, 15) is 14.0 Å². The monoisotopic (exact) mass is 204 g/mol. The van der Waals surface area contributed by atoms with Crippen LogP contribution in [0.15, 0.2) is 0 Å². The van der Waals surface area contributed by atoms with Gasteiger partial charge in [-0.15, -0.1) is 0 Å². The van der Waals surface area contributed by atoms with Gasteiger partial charge in [-0.25, -0.2) is 14.0 Å². The fourth-order valence-corrected chi connectivity index (χ4v) is 1.05. The first-order valence-corrected chi connectivity index (χ1v) is 4.35. The molecule has 0 aromatic heterocycles. The van der Waals surface area contributed by atoms with Crippen molar-refractivity contribution in [1.29, 1.82) is 0 Å². The van der Waals surface area contributed by atoms with Crippen LogP contribution in [0.4, 0.5) is 4.39 Å². The molecule has 1 aliphatic rings. The molecule has 4 nitrogen and oxygen atoms in total. The van der Waals surface area contributed by atoms with Crippen molar-refractivity contribution in [2.45, 2.75) is 38.5 Å². The molecule has 5 heteroatoms. The quantitative estimate of drug-likeness (QED) is 0.472. The summed E-state index contributed by atoms with van der Waals surface area (Å²) >= 11 is 0. The second kappa shape index (κ2) is 3.22. The van der Waals surface area contributed by atoms with E-state index in [1.54, 1.807) is 20.8 Å². The minimum absolute atomic E-state index is 0.0748. The highest BCUT2D eigenvalue weighted by atomic mass is 19.1. The molecule has 0 aromatic rings. The number of carbonyl (C=O) groups is 2. The van der Waals surface area contributed by atoms with E-state index in [0.717, 1.165) is 0 Å². The van der Waals surface area contributed by atoms with Crippen molar-refractivity contribution in [3.63, 3.8) is 0 Å². The van der Waals surface area contributed by atoms with Crippen molar-refractivity contribution >= 4 is 11.9 Å². The van der Waals surface area contributed by atoms with Gasteiger partial charge < -0.3 is 9.47 Å². The average molecular weight is 204 g/mol. The lowest BCUT2D eigenvalue weighted by Crippen LogP contribution is -2.43. The van der Waals surface area contributed by atoms with Gasteiger partial charge in [0.25, 0.3) is 0 Å². The zero-order chi connectivity index (χ0) is 11.0. The highest BCUT2D eigenvalue weighted by Gasteiger charge is 2.54. The van der Waals surface area contributed by atoms with Crippen molar-refractivity contribution in [2.24, 2.45) is 0 Å². The largest absolute Gasteiger partial charge is 0.463 e. The maximum absolute atomic E-state index is 13.7. The van der Waals surface area contributed by atoms with Crippen molar-refractivity contribution in [1.82, 2.24) is 0 Å². The summed E-state index contributed by atoms with van der Waals surface area (Å²) in [5.74, 6) is -2.31. The maximum atomic E-state index is 13.7. The van der Waals surface area contributed by atoms with E-state index < -0.39 is 23.2 Å². The summed E-state index contributed by atoms with van der Waals surface area (Å²) in [6.45, 7) is 4.74. The van der Waals surface area contributed by atoms with Gasteiger partial charge in [-0.3, -0.25) is 0 Å². The number of ether oxygens (including phenoxy) is 2. The van der Waals surface area contributed by atoms with E-state index in [1.165, 1.54) is 0 Å². The third kappa shape index (κ3) is 2.02. The molecular weight excluding hydrogens is 191 g/mol.